The maximum atomic E-state index is 12.6. The molecule has 3 heterocycles. The number of ether oxygens (including phenoxy) is 1. The smallest absolute Gasteiger partial charge is 0.270 e. The number of carbonyl (C=O) groups is 1. The number of amides is 1. The van der Waals surface area contributed by atoms with E-state index >= 15 is 0 Å². The number of fused-ring (bicyclic) bond motifs is 1. The Labute approximate surface area is 203 Å². The van der Waals surface area contributed by atoms with Gasteiger partial charge in [0, 0.05) is 31.2 Å². The SMILES string of the molecule is Cc1ncoc1COc1ccc2c(c1)CN[C@H]([C@H](O)CNC(=O)c1cc(NC3CCC3)ncn1)C2. The van der Waals surface area contributed by atoms with Gasteiger partial charge in [0.2, 0.25) is 0 Å². The van der Waals surface area contributed by atoms with Crippen molar-refractivity contribution in [1.29, 1.82) is 0 Å². The van der Waals surface area contributed by atoms with Gasteiger partial charge in [0.15, 0.2) is 12.2 Å². The molecule has 10 nitrogen and oxygen atoms in total. The number of benzene rings is 1. The first-order valence-electron chi connectivity index (χ1n) is 12.0. The Kier molecular flexibility index (Phi) is 6.91. The third kappa shape index (κ3) is 5.60. The van der Waals surface area contributed by atoms with Crippen LogP contribution in [0.3, 0.4) is 0 Å². The molecule has 3 aromatic rings. The second kappa shape index (κ2) is 10.4. The number of rotatable bonds is 9. The van der Waals surface area contributed by atoms with E-state index < -0.39 is 6.10 Å². The van der Waals surface area contributed by atoms with Gasteiger partial charge in [-0.15, -0.1) is 0 Å². The van der Waals surface area contributed by atoms with Crippen molar-refractivity contribution in [2.24, 2.45) is 0 Å². The molecule has 10 heteroatoms. The van der Waals surface area contributed by atoms with Crippen LogP contribution >= 0.6 is 0 Å². The van der Waals surface area contributed by atoms with Crippen molar-refractivity contribution in [3.05, 3.63) is 65.3 Å². The minimum absolute atomic E-state index is 0.124. The van der Waals surface area contributed by atoms with Gasteiger partial charge in [-0.25, -0.2) is 15.0 Å². The van der Waals surface area contributed by atoms with E-state index in [1.807, 2.05) is 25.1 Å². The van der Waals surface area contributed by atoms with Gasteiger partial charge in [-0.1, -0.05) is 6.07 Å². The Hall–Kier alpha value is -3.50. The van der Waals surface area contributed by atoms with Crippen molar-refractivity contribution >= 4 is 11.7 Å². The lowest BCUT2D eigenvalue weighted by atomic mass is 9.92. The van der Waals surface area contributed by atoms with Crippen LogP contribution in [0.5, 0.6) is 5.75 Å². The quantitative estimate of drug-likeness (QED) is 0.365. The van der Waals surface area contributed by atoms with E-state index in [0.717, 1.165) is 35.4 Å². The molecule has 1 amide bonds. The second-order valence-corrected chi connectivity index (χ2v) is 9.11. The molecule has 0 unspecified atom stereocenters. The zero-order chi connectivity index (χ0) is 24.2. The minimum Gasteiger partial charge on any atom is -0.486 e. The number of aliphatic hydroxyl groups is 1. The van der Waals surface area contributed by atoms with Crippen LogP contribution in [0.15, 0.2) is 41.4 Å². The molecule has 5 rings (SSSR count). The fraction of sp³-hybridized carbons (Fsp3) is 0.440. The van der Waals surface area contributed by atoms with Gasteiger partial charge in [-0.3, -0.25) is 4.79 Å². The van der Waals surface area contributed by atoms with Crippen molar-refractivity contribution in [2.45, 2.75) is 63.9 Å². The van der Waals surface area contributed by atoms with Crippen LogP contribution in [0.2, 0.25) is 0 Å². The predicted molar refractivity (Wildman–Crippen MR) is 128 cm³/mol. The van der Waals surface area contributed by atoms with E-state index in [2.05, 4.69) is 30.9 Å². The zero-order valence-electron chi connectivity index (χ0n) is 19.7. The first-order valence-corrected chi connectivity index (χ1v) is 12.0. The van der Waals surface area contributed by atoms with Crippen LogP contribution in [-0.2, 0) is 19.6 Å². The lowest BCUT2D eigenvalue weighted by molar-refractivity contribution is 0.0865. The number of anilines is 1. The van der Waals surface area contributed by atoms with Gasteiger partial charge in [0.1, 0.15) is 30.2 Å². The number of hydrogen-bond acceptors (Lipinski definition) is 9. The normalized spacial score (nSPS) is 18.3. The fourth-order valence-corrected chi connectivity index (χ4v) is 4.24. The number of oxazole rings is 1. The van der Waals surface area contributed by atoms with Crippen molar-refractivity contribution in [3.8, 4) is 5.75 Å². The standard InChI is InChI=1S/C25H30N6O4/c1-15-23(35-14-30-15)12-34-19-6-5-16-8-20(26-10-17(16)7-19)22(32)11-27-25(33)21-9-24(29-13-28-21)31-18-3-2-4-18/h5-7,9,13-14,18,20,22,26,32H,2-4,8,10-12H2,1H3,(H,27,33)(H,28,29,31)/t20-,22+/m0/s1. The Morgan fingerprint density at radius 3 is 2.91 bits per heavy atom. The molecule has 0 spiro atoms. The number of nitrogens with zero attached hydrogens (tertiary/aromatic N) is 3. The highest BCUT2D eigenvalue weighted by Crippen LogP contribution is 2.25. The zero-order valence-corrected chi connectivity index (χ0v) is 19.7. The van der Waals surface area contributed by atoms with Crippen molar-refractivity contribution in [1.82, 2.24) is 25.6 Å². The van der Waals surface area contributed by atoms with Gasteiger partial charge in [-0.2, -0.15) is 0 Å². The summed E-state index contributed by atoms with van der Waals surface area (Å²) < 4.78 is 11.2. The molecule has 0 bridgehead atoms. The summed E-state index contributed by atoms with van der Waals surface area (Å²) in [4.78, 5) is 24.9. The third-order valence-corrected chi connectivity index (χ3v) is 6.68. The average molecular weight is 479 g/mol. The molecule has 4 N–H and O–H groups in total. The summed E-state index contributed by atoms with van der Waals surface area (Å²) >= 11 is 0. The van der Waals surface area contributed by atoms with Crippen molar-refractivity contribution in [2.75, 3.05) is 11.9 Å². The molecular formula is C25H30N6O4. The second-order valence-electron chi connectivity index (χ2n) is 9.11. The number of aryl methyl sites for hydroxylation is 1. The van der Waals surface area contributed by atoms with E-state index in [4.69, 9.17) is 9.15 Å². The van der Waals surface area contributed by atoms with Crippen LogP contribution < -0.4 is 20.7 Å². The number of aromatic nitrogens is 3. The maximum Gasteiger partial charge on any atom is 0.270 e. The summed E-state index contributed by atoms with van der Waals surface area (Å²) in [5.41, 5.74) is 3.37. The number of aliphatic hydroxyl groups excluding tert-OH is 1. The molecule has 1 aliphatic carbocycles. The highest BCUT2D eigenvalue weighted by molar-refractivity contribution is 5.92. The van der Waals surface area contributed by atoms with Crippen LogP contribution in [-0.4, -0.2) is 50.7 Å². The summed E-state index contributed by atoms with van der Waals surface area (Å²) in [6.07, 6.45) is 6.15. The lowest BCUT2D eigenvalue weighted by Crippen LogP contribution is -2.49. The minimum atomic E-state index is -0.744. The molecule has 2 atom stereocenters. The summed E-state index contributed by atoms with van der Waals surface area (Å²) in [5.74, 6) is 1.78. The topological polar surface area (TPSA) is 134 Å². The molecule has 35 heavy (non-hydrogen) atoms. The monoisotopic (exact) mass is 478 g/mol. The first kappa shape index (κ1) is 23.3. The molecule has 1 fully saturated rings. The third-order valence-electron chi connectivity index (χ3n) is 6.68. The predicted octanol–water partition coefficient (Wildman–Crippen LogP) is 2.12. The molecule has 0 saturated heterocycles. The molecule has 1 aromatic carbocycles. The maximum absolute atomic E-state index is 12.6. The molecule has 184 valence electrons. The Balaban J connectivity index is 1.12. The Bertz CT molecular complexity index is 1180. The van der Waals surface area contributed by atoms with Gasteiger partial charge in [0.05, 0.1) is 11.8 Å². The number of nitrogens with one attached hydrogen (secondary N) is 3. The molecule has 0 radical (unpaired) electrons. The van der Waals surface area contributed by atoms with Gasteiger partial charge in [0.25, 0.3) is 5.91 Å². The number of hydrogen-bond donors (Lipinski definition) is 4. The molecule has 2 aliphatic rings. The van der Waals surface area contributed by atoms with E-state index in [1.54, 1.807) is 6.07 Å². The molecular weight excluding hydrogens is 448 g/mol. The van der Waals surface area contributed by atoms with Crippen molar-refractivity contribution in [3.63, 3.8) is 0 Å². The summed E-state index contributed by atoms with van der Waals surface area (Å²) in [5, 5.41) is 20.2. The Morgan fingerprint density at radius 2 is 2.14 bits per heavy atom. The fourth-order valence-electron chi connectivity index (χ4n) is 4.24. The van der Waals surface area contributed by atoms with Gasteiger partial charge >= 0.3 is 0 Å². The highest BCUT2D eigenvalue weighted by Gasteiger charge is 2.26. The van der Waals surface area contributed by atoms with Crippen LogP contribution in [0.1, 0.15) is 52.3 Å². The number of carbonyl (C=O) groups excluding carboxylic acids is 1. The molecule has 1 aliphatic heterocycles. The van der Waals surface area contributed by atoms with Gasteiger partial charge in [-0.05, 0) is 55.9 Å². The highest BCUT2D eigenvalue weighted by atomic mass is 16.5. The van der Waals surface area contributed by atoms with E-state index in [-0.39, 0.29) is 24.2 Å². The summed E-state index contributed by atoms with van der Waals surface area (Å²) in [7, 11) is 0. The van der Waals surface area contributed by atoms with E-state index in [9.17, 15) is 9.90 Å². The molecule has 2 aromatic heterocycles. The van der Waals surface area contributed by atoms with E-state index in [1.165, 1.54) is 19.1 Å². The van der Waals surface area contributed by atoms with Crippen LogP contribution in [0.25, 0.3) is 0 Å². The first-order chi connectivity index (χ1) is 17.0. The summed E-state index contributed by atoms with van der Waals surface area (Å²) in [6, 6.07) is 7.84. The van der Waals surface area contributed by atoms with Crippen molar-refractivity contribution < 1.29 is 19.1 Å². The van der Waals surface area contributed by atoms with Gasteiger partial charge < -0.3 is 30.2 Å². The van der Waals surface area contributed by atoms with Crippen LogP contribution in [0.4, 0.5) is 5.82 Å². The van der Waals surface area contributed by atoms with Crippen LogP contribution in [0, 0.1) is 6.92 Å². The largest absolute Gasteiger partial charge is 0.486 e. The Morgan fingerprint density at radius 1 is 1.26 bits per heavy atom. The lowest BCUT2D eigenvalue weighted by Gasteiger charge is -2.30. The summed E-state index contributed by atoms with van der Waals surface area (Å²) in [6.45, 7) is 2.93. The molecule has 1 saturated carbocycles. The van der Waals surface area contributed by atoms with E-state index in [0.29, 0.717) is 37.2 Å². The average Bonchev–Trinajstić information content (AvgIpc) is 3.27.